The normalized spacial score (nSPS) is 14.4. The molecule has 3 amide bonds. The van der Waals surface area contributed by atoms with E-state index in [2.05, 4.69) is 45.5 Å². The summed E-state index contributed by atoms with van der Waals surface area (Å²) in [5.41, 5.74) is 8.77. The summed E-state index contributed by atoms with van der Waals surface area (Å²) in [6.45, 7) is 8.33. The number of benzene rings is 5. The molecule has 2 aromatic heterocycles. The number of nitrogens with one attached hydrogen (secondary N) is 4. The van der Waals surface area contributed by atoms with Crippen LogP contribution in [-0.2, 0) is 107 Å². The molecule has 28 nitrogen and oxygen atoms in total. The van der Waals surface area contributed by atoms with Gasteiger partial charge in [0, 0.05) is 41.4 Å². The molecular formula is C77H93N7O21. The van der Waals surface area contributed by atoms with E-state index in [0.29, 0.717) is 165 Å². The maximum atomic E-state index is 14.3. The molecule has 5 heterocycles. The number of aromatic nitrogens is 2. The van der Waals surface area contributed by atoms with E-state index < -0.39 is 65.8 Å². The number of carbonyl (C=O) groups is 5. The first-order chi connectivity index (χ1) is 51.4. The van der Waals surface area contributed by atoms with Crippen LogP contribution in [-0.4, -0.2) is 198 Å². The molecule has 105 heavy (non-hydrogen) atoms. The predicted octanol–water partition coefficient (Wildman–Crippen LogP) is 6.58. The van der Waals surface area contributed by atoms with Crippen LogP contribution >= 0.6 is 0 Å². The molecule has 3 aliphatic rings. The maximum Gasteiger partial charge on any atom is 0.510 e. The van der Waals surface area contributed by atoms with Crippen molar-refractivity contribution in [3.63, 3.8) is 0 Å². The smallest absolute Gasteiger partial charge is 0.497 e. The Balaban J connectivity index is 0.673. The van der Waals surface area contributed by atoms with Crippen molar-refractivity contribution in [1.82, 2.24) is 25.5 Å². The summed E-state index contributed by atoms with van der Waals surface area (Å²) in [5.74, 6) is -0.601. The fraction of sp³-hybridized carbons (Fsp3) is 0.442. The van der Waals surface area contributed by atoms with Crippen molar-refractivity contribution in [2.24, 2.45) is 5.73 Å². The van der Waals surface area contributed by atoms with Crippen molar-refractivity contribution in [3.8, 4) is 28.6 Å². The van der Waals surface area contributed by atoms with Crippen molar-refractivity contribution < 1.29 is 95.0 Å². The Labute approximate surface area is 608 Å². The molecule has 2 atom stereocenters. The van der Waals surface area contributed by atoms with E-state index in [9.17, 15) is 28.8 Å². The number of pyridine rings is 2. The molecule has 0 fully saturated rings. The fourth-order valence-corrected chi connectivity index (χ4v) is 12.3. The van der Waals surface area contributed by atoms with Crippen LogP contribution in [0.5, 0.6) is 17.2 Å². The number of esters is 1. The Kier molecular flexibility index (Phi) is 30.3. The minimum absolute atomic E-state index is 0.0839. The maximum absolute atomic E-state index is 14.3. The summed E-state index contributed by atoms with van der Waals surface area (Å²) in [5, 5.41) is 13.1. The minimum atomic E-state index is -2.02. The molecule has 3 aliphatic heterocycles. The van der Waals surface area contributed by atoms with Gasteiger partial charge in [0.25, 0.3) is 5.56 Å². The van der Waals surface area contributed by atoms with Crippen LogP contribution < -0.4 is 46.8 Å². The SMILES string of the molecule is CC[C@@]1(OC(=O)OCc2ccc(NC(=O)[C@H](CCCCNC(c3ccccc3)(c3ccccc3)c3ccc(OC)cc3)NC(=O)COCC(=O)NCCOCCOCCOCCOCCOCCOCCOCCOCCN)cc2)C(=O)OCc2c1cc1n(c2=O)Cc2cc3cc4c(cc3nc2-1)OCO4. The van der Waals surface area contributed by atoms with Gasteiger partial charge in [0.05, 0.1) is 147 Å². The van der Waals surface area contributed by atoms with E-state index in [1.54, 1.807) is 55.0 Å². The molecule has 28 heteroatoms. The number of fused-ring (bicyclic) bond motifs is 6. The summed E-state index contributed by atoms with van der Waals surface area (Å²) in [7, 11) is 1.63. The van der Waals surface area contributed by atoms with E-state index in [0.717, 1.165) is 33.4 Å². The van der Waals surface area contributed by atoms with Crippen molar-refractivity contribution in [3.05, 3.63) is 183 Å². The zero-order valence-corrected chi connectivity index (χ0v) is 59.3. The molecule has 0 spiro atoms. The highest BCUT2D eigenvalue weighted by molar-refractivity contribution is 5.97. The van der Waals surface area contributed by atoms with Gasteiger partial charge >= 0.3 is 12.1 Å². The van der Waals surface area contributed by atoms with Crippen LogP contribution in [0.1, 0.15) is 71.6 Å². The molecule has 0 radical (unpaired) electrons. The Morgan fingerprint density at radius 1 is 0.629 bits per heavy atom. The first kappa shape index (κ1) is 78.2. The number of carbonyl (C=O) groups excluding carboxylic acids is 5. The second kappa shape index (κ2) is 40.7. The summed E-state index contributed by atoms with van der Waals surface area (Å²) in [6, 6.07) is 40.9. The monoisotopic (exact) mass is 1450 g/mol. The number of amides is 3. The van der Waals surface area contributed by atoms with Gasteiger partial charge in [0.1, 0.15) is 38.2 Å². The van der Waals surface area contributed by atoms with Crippen LogP contribution in [0.3, 0.4) is 0 Å². The van der Waals surface area contributed by atoms with Crippen LogP contribution in [0.25, 0.3) is 22.3 Å². The number of rotatable bonds is 47. The first-order valence-corrected chi connectivity index (χ1v) is 35.3. The highest BCUT2D eigenvalue weighted by Crippen LogP contribution is 2.43. The number of hydrogen-bond donors (Lipinski definition) is 5. The molecule has 6 N–H and O–H groups in total. The Bertz CT molecular complexity index is 3960. The zero-order chi connectivity index (χ0) is 73.5. The number of unbranched alkanes of at least 4 members (excludes halogenated alkanes) is 1. The van der Waals surface area contributed by atoms with Crippen molar-refractivity contribution in [2.45, 2.75) is 69.5 Å². The fourth-order valence-electron chi connectivity index (χ4n) is 12.3. The average molecular weight is 1450 g/mol. The third kappa shape index (κ3) is 21.6. The lowest BCUT2D eigenvalue weighted by Gasteiger charge is -2.37. The molecule has 0 saturated heterocycles. The summed E-state index contributed by atoms with van der Waals surface area (Å²) >= 11 is 0. The number of hydrogen-bond acceptors (Lipinski definition) is 24. The van der Waals surface area contributed by atoms with Crippen molar-refractivity contribution in [1.29, 1.82) is 0 Å². The van der Waals surface area contributed by atoms with E-state index in [-0.39, 0.29) is 63.7 Å². The van der Waals surface area contributed by atoms with E-state index in [4.69, 9.17) is 81.8 Å². The molecular weight excluding hydrogens is 1360 g/mol. The molecule has 5 aromatic carbocycles. The lowest BCUT2D eigenvalue weighted by atomic mass is 9.77. The zero-order valence-electron chi connectivity index (χ0n) is 59.3. The predicted molar refractivity (Wildman–Crippen MR) is 384 cm³/mol. The van der Waals surface area contributed by atoms with Crippen LogP contribution in [0.15, 0.2) is 138 Å². The third-order valence-corrected chi connectivity index (χ3v) is 17.6. The minimum Gasteiger partial charge on any atom is -0.497 e. The largest absolute Gasteiger partial charge is 0.510 e. The molecule has 10 rings (SSSR count). The van der Waals surface area contributed by atoms with Crippen LogP contribution in [0.2, 0.25) is 0 Å². The van der Waals surface area contributed by atoms with E-state index in [1.165, 1.54) is 0 Å². The number of nitrogens with two attached hydrogens (primary N) is 1. The van der Waals surface area contributed by atoms with Gasteiger partial charge in [-0.25, -0.2) is 14.6 Å². The number of anilines is 1. The van der Waals surface area contributed by atoms with Gasteiger partial charge in [-0.1, -0.05) is 91.9 Å². The number of methoxy groups -OCH3 is 1. The molecule has 0 aliphatic carbocycles. The molecule has 7 aromatic rings. The van der Waals surface area contributed by atoms with Gasteiger partial charge in [0.15, 0.2) is 11.5 Å². The van der Waals surface area contributed by atoms with E-state index >= 15 is 0 Å². The quantitative estimate of drug-likeness (QED) is 0.0153. The van der Waals surface area contributed by atoms with Crippen LogP contribution in [0.4, 0.5) is 10.5 Å². The lowest BCUT2D eigenvalue weighted by Crippen LogP contribution is -2.47. The Morgan fingerprint density at radius 3 is 1.79 bits per heavy atom. The second-order valence-corrected chi connectivity index (χ2v) is 24.6. The standard InChI is InChI=1S/C77H93N7O21/c1-3-76(63-46-66-71-56(48-84(66)73(88)62(63)50-101-74(76)89)44-55-45-67-68(104-53-103-67)47-65(55)83-71)105-75(90)102-49-54-17-21-60(22-18-54)81-72(87)64(16-10-11-26-80-77(57-12-6-4-7-13-57,58-14-8-5-9-15-58)59-19-23-61(91-2)24-20-59)82-70(86)52-100-51-69(85)79-27-29-93-31-33-95-35-37-97-39-41-99-43-42-98-40-38-96-36-34-94-32-30-92-28-25-78/h4-9,12-15,17-24,44-47,64,80H,3,10-11,16,25-43,48-53,78H2,1-2H3,(H,79,85)(H,81,87)(H,82,86)/t64-,76-/m0/s1. The molecule has 562 valence electrons. The first-order valence-electron chi connectivity index (χ1n) is 35.3. The molecule has 0 unspecified atom stereocenters. The lowest BCUT2D eigenvalue weighted by molar-refractivity contribution is -0.175. The van der Waals surface area contributed by atoms with Gasteiger partial charge in [0.2, 0.25) is 30.1 Å². The van der Waals surface area contributed by atoms with E-state index in [1.807, 2.05) is 72.8 Å². The number of nitrogens with zero attached hydrogens (tertiary/aromatic N) is 2. The van der Waals surface area contributed by atoms with Crippen LogP contribution in [0, 0.1) is 0 Å². The highest BCUT2D eigenvalue weighted by atomic mass is 16.7. The van der Waals surface area contributed by atoms with Crippen molar-refractivity contribution >= 4 is 46.4 Å². The third-order valence-electron chi connectivity index (χ3n) is 17.6. The highest BCUT2D eigenvalue weighted by Gasteiger charge is 2.51. The van der Waals surface area contributed by atoms with Gasteiger partial charge in [-0.3, -0.25) is 24.5 Å². The summed E-state index contributed by atoms with van der Waals surface area (Å²) < 4.78 is 84.6. The number of cyclic esters (lactones) is 1. The van der Waals surface area contributed by atoms with Gasteiger partial charge in [-0.2, -0.15) is 0 Å². The van der Waals surface area contributed by atoms with Gasteiger partial charge < -0.3 is 97.3 Å². The average Bonchev–Trinajstić information content (AvgIpc) is 1.64. The van der Waals surface area contributed by atoms with Gasteiger partial charge in [-0.15, -0.1) is 0 Å². The molecule has 0 bridgehead atoms. The summed E-state index contributed by atoms with van der Waals surface area (Å²) in [4.78, 5) is 87.1. The molecule has 0 saturated carbocycles. The van der Waals surface area contributed by atoms with Crippen molar-refractivity contribution in [2.75, 3.05) is 158 Å². The Morgan fingerprint density at radius 2 is 1.20 bits per heavy atom. The Hall–Kier alpha value is -9.43. The second-order valence-electron chi connectivity index (χ2n) is 24.6. The number of ether oxygens (including phenoxy) is 15. The summed E-state index contributed by atoms with van der Waals surface area (Å²) in [6.07, 6.45) is 0.0212. The van der Waals surface area contributed by atoms with Gasteiger partial charge in [-0.05, 0) is 96.9 Å². The topological polar surface area (TPSA) is 333 Å².